The van der Waals surface area contributed by atoms with Crippen LogP contribution >= 0.6 is 0 Å². The van der Waals surface area contributed by atoms with Gasteiger partial charge in [0.2, 0.25) is 0 Å². The van der Waals surface area contributed by atoms with E-state index in [0.29, 0.717) is 0 Å². The Bertz CT molecular complexity index is 575. The monoisotopic (exact) mass is 332 g/mol. The Hall–Kier alpha value is -1.26. The lowest BCUT2D eigenvalue weighted by Gasteiger charge is -2.55. The molecule has 6 rings (SSSR count). The molecule has 4 saturated carbocycles. The van der Waals surface area contributed by atoms with E-state index in [4.69, 9.17) is 0 Å². The van der Waals surface area contributed by atoms with Crippen molar-refractivity contribution < 1.29 is 14.7 Å². The lowest BCUT2D eigenvalue weighted by molar-refractivity contribution is -0.159. The van der Waals surface area contributed by atoms with Crippen LogP contribution in [0, 0.1) is 11.3 Å². The van der Waals surface area contributed by atoms with Crippen LogP contribution in [0.15, 0.2) is 0 Å². The van der Waals surface area contributed by atoms with Crippen molar-refractivity contribution in [3.8, 4) is 0 Å². The number of hydrogen-bond donors (Lipinski definition) is 1. The topological polar surface area (TPSA) is 60.9 Å². The average Bonchev–Trinajstić information content (AvgIpc) is 3.23. The second-order valence-corrected chi connectivity index (χ2v) is 9.31. The highest BCUT2D eigenvalue weighted by molar-refractivity contribution is 5.80. The van der Waals surface area contributed by atoms with E-state index in [0.717, 1.165) is 64.0 Å². The van der Waals surface area contributed by atoms with Crippen molar-refractivity contribution in [1.82, 2.24) is 9.80 Å². The van der Waals surface area contributed by atoms with Crippen LogP contribution < -0.4 is 0 Å². The molecule has 0 unspecified atom stereocenters. The SMILES string of the molecule is O=C1N(C23CCC(C(=O)O)(CC2)CC3)C[C@]2(CC3CC3)CCCN12. The summed E-state index contributed by atoms with van der Waals surface area (Å²) in [5.41, 5.74) is -0.437. The van der Waals surface area contributed by atoms with Crippen LogP contribution in [-0.2, 0) is 4.79 Å². The van der Waals surface area contributed by atoms with Crippen LogP contribution in [0.3, 0.4) is 0 Å². The molecule has 2 saturated heterocycles. The fourth-order valence-electron chi connectivity index (χ4n) is 6.31. The smallest absolute Gasteiger partial charge is 0.321 e. The molecular weight excluding hydrogens is 304 g/mol. The minimum Gasteiger partial charge on any atom is -0.481 e. The predicted molar refractivity (Wildman–Crippen MR) is 88.6 cm³/mol. The van der Waals surface area contributed by atoms with Gasteiger partial charge >= 0.3 is 12.0 Å². The van der Waals surface area contributed by atoms with E-state index in [9.17, 15) is 14.7 Å². The summed E-state index contributed by atoms with van der Waals surface area (Å²) < 4.78 is 0. The largest absolute Gasteiger partial charge is 0.481 e. The second kappa shape index (κ2) is 4.67. The third kappa shape index (κ3) is 1.87. The highest BCUT2D eigenvalue weighted by Gasteiger charge is 2.62. The number of nitrogens with zero attached hydrogens (tertiary/aromatic N) is 2. The standard InChI is InChI=1S/C19H28N2O3/c22-15(23)17-5-8-18(9-6-17,10-7-17)21-13-19(12-14-2-3-14)4-1-11-20(19)16(21)24/h14H,1-13H2,(H,22,23)/t17?,18?,19-/m1/s1. The Kier molecular flexibility index (Phi) is 2.93. The summed E-state index contributed by atoms with van der Waals surface area (Å²) in [6.45, 7) is 1.83. The lowest BCUT2D eigenvalue weighted by atomic mass is 9.56. The minimum absolute atomic E-state index is 0.0465. The molecule has 24 heavy (non-hydrogen) atoms. The van der Waals surface area contributed by atoms with Gasteiger partial charge in [0, 0.05) is 18.6 Å². The van der Waals surface area contributed by atoms with Crippen molar-refractivity contribution in [3.05, 3.63) is 0 Å². The first kappa shape index (κ1) is 15.0. The van der Waals surface area contributed by atoms with Crippen molar-refractivity contribution in [1.29, 1.82) is 0 Å². The number of aliphatic carboxylic acids is 1. The molecule has 0 aromatic rings. The number of fused-ring (bicyclic) bond motifs is 4. The second-order valence-electron chi connectivity index (χ2n) is 9.31. The molecule has 1 atom stereocenters. The molecule has 2 aliphatic heterocycles. The van der Waals surface area contributed by atoms with Crippen LogP contribution in [0.1, 0.15) is 70.6 Å². The minimum atomic E-state index is -0.616. The normalized spacial score (nSPS) is 44.2. The van der Waals surface area contributed by atoms with Gasteiger partial charge in [-0.15, -0.1) is 0 Å². The molecule has 0 aromatic heterocycles. The summed E-state index contributed by atoms with van der Waals surface area (Å²) in [6, 6.07) is 0.262. The zero-order valence-electron chi connectivity index (χ0n) is 14.4. The summed E-state index contributed by atoms with van der Waals surface area (Å²) >= 11 is 0. The van der Waals surface area contributed by atoms with Crippen molar-refractivity contribution in [2.45, 2.75) is 81.7 Å². The van der Waals surface area contributed by atoms with Gasteiger partial charge in [0.25, 0.3) is 0 Å². The van der Waals surface area contributed by atoms with Crippen LogP contribution in [0.4, 0.5) is 4.79 Å². The van der Waals surface area contributed by atoms with Gasteiger partial charge in [-0.1, -0.05) is 12.8 Å². The molecule has 4 aliphatic carbocycles. The molecular formula is C19H28N2O3. The Morgan fingerprint density at radius 3 is 2.29 bits per heavy atom. The van der Waals surface area contributed by atoms with Crippen molar-refractivity contribution in [2.24, 2.45) is 11.3 Å². The molecule has 0 radical (unpaired) electrons. The maximum absolute atomic E-state index is 13.2. The zero-order chi connectivity index (χ0) is 16.6. The van der Waals surface area contributed by atoms with E-state index in [1.807, 2.05) is 0 Å². The highest BCUT2D eigenvalue weighted by Crippen LogP contribution is 2.57. The number of urea groups is 1. The summed E-state index contributed by atoms with van der Waals surface area (Å²) in [6.07, 6.45) is 11.1. The van der Waals surface area contributed by atoms with Gasteiger partial charge in [-0.3, -0.25) is 4.79 Å². The van der Waals surface area contributed by atoms with E-state index in [-0.39, 0.29) is 17.1 Å². The van der Waals surface area contributed by atoms with E-state index >= 15 is 0 Å². The number of carbonyl (C=O) groups excluding carboxylic acids is 1. The maximum Gasteiger partial charge on any atom is 0.321 e. The maximum atomic E-state index is 13.2. The summed E-state index contributed by atoms with van der Waals surface area (Å²) in [5, 5.41) is 9.60. The molecule has 2 heterocycles. The van der Waals surface area contributed by atoms with Gasteiger partial charge in [-0.25, -0.2) is 4.79 Å². The van der Waals surface area contributed by atoms with Crippen LogP contribution in [0.5, 0.6) is 0 Å². The van der Waals surface area contributed by atoms with Crippen LogP contribution in [0.2, 0.25) is 0 Å². The van der Waals surface area contributed by atoms with E-state index in [2.05, 4.69) is 9.80 Å². The van der Waals surface area contributed by atoms with Gasteiger partial charge in [0.1, 0.15) is 0 Å². The van der Waals surface area contributed by atoms with E-state index < -0.39 is 11.4 Å². The Morgan fingerprint density at radius 1 is 1.04 bits per heavy atom. The van der Waals surface area contributed by atoms with Crippen molar-refractivity contribution in [3.63, 3.8) is 0 Å². The molecule has 6 fully saturated rings. The van der Waals surface area contributed by atoms with E-state index in [1.165, 1.54) is 25.7 Å². The summed E-state index contributed by atoms with van der Waals surface area (Å²) in [5.74, 6) is 0.225. The Labute approximate surface area is 143 Å². The molecule has 0 aromatic carbocycles. The molecule has 1 N–H and O–H groups in total. The van der Waals surface area contributed by atoms with Gasteiger partial charge in [-0.05, 0) is 63.7 Å². The van der Waals surface area contributed by atoms with Gasteiger partial charge in [-0.2, -0.15) is 0 Å². The average molecular weight is 332 g/mol. The number of amides is 2. The van der Waals surface area contributed by atoms with Gasteiger partial charge in [0.05, 0.1) is 11.0 Å². The summed E-state index contributed by atoms with van der Waals surface area (Å²) in [4.78, 5) is 29.3. The number of hydrogen-bond acceptors (Lipinski definition) is 2. The van der Waals surface area contributed by atoms with Crippen LogP contribution in [-0.4, -0.2) is 51.1 Å². The first-order chi connectivity index (χ1) is 11.5. The highest BCUT2D eigenvalue weighted by atomic mass is 16.4. The number of rotatable bonds is 4. The molecule has 5 heteroatoms. The molecule has 2 amide bonds. The van der Waals surface area contributed by atoms with Crippen molar-refractivity contribution in [2.75, 3.05) is 13.1 Å². The fourth-order valence-corrected chi connectivity index (χ4v) is 6.31. The molecule has 132 valence electrons. The molecule has 5 nitrogen and oxygen atoms in total. The third-order valence-electron chi connectivity index (χ3n) is 8.11. The first-order valence-corrected chi connectivity index (χ1v) is 9.82. The predicted octanol–water partition coefficient (Wildman–Crippen LogP) is 3.23. The Morgan fingerprint density at radius 2 is 1.71 bits per heavy atom. The van der Waals surface area contributed by atoms with E-state index in [1.54, 1.807) is 0 Å². The molecule has 0 spiro atoms. The lowest BCUT2D eigenvalue weighted by Crippen LogP contribution is -2.59. The number of carboxylic acid groups (broad SMARTS) is 1. The fraction of sp³-hybridized carbons (Fsp3) is 0.895. The Balaban J connectivity index is 1.40. The quantitative estimate of drug-likeness (QED) is 0.860. The van der Waals surface area contributed by atoms with Gasteiger partial charge < -0.3 is 14.9 Å². The number of carboxylic acids is 1. The molecule has 2 bridgehead atoms. The van der Waals surface area contributed by atoms with Crippen LogP contribution in [0.25, 0.3) is 0 Å². The third-order valence-corrected chi connectivity index (χ3v) is 8.11. The van der Waals surface area contributed by atoms with Crippen molar-refractivity contribution >= 4 is 12.0 Å². The zero-order valence-corrected chi connectivity index (χ0v) is 14.4. The summed E-state index contributed by atoms with van der Waals surface area (Å²) in [7, 11) is 0. The first-order valence-electron chi connectivity index (χ1n) is 9.82. The molecule has 6 aliphatic rings. The van der Waals surface area contributed by atoms with Gasteiger partial charge in [0.15, 0.2) is 0 Å². The number of carbonyl (C=O) groups is 2.